The second-order valence-electron chi connectivity index (χ2n) is 2.65. The van der Waals surface area contributed by atoms with Crippen LogP contribution in [0.3, 0.4) is 0 Å². The lowest BCUT2D eigenvalue weighted by molar-refractivity contribution is -0.144. The van der Waals surface area contributed by atoms with Gasteiger partial charge in [-0.2, -0.15) is 0 Å². The second kappa shape index (κ2) is 5.97. The summed E-state index contributed by atoms with van der Waals surface area (Å²) < 4.78 is 4.64. The van der Waals surface area contributed by atoms with Gasteiger partial charge in [0.05, 0.1) is 18.8 Å². The van der Waals surface area contributed by atoms with E-state index in [1.165, 1.54) is 6.92 Å². The molecular formula is C8H16O4. The average Bonchev–Trinajstić information content (AvgIpc) is 2.00. The molecule has 0 radical (unpaired) electrons. The number of hydrogen-bond acceptors (Lipinski definition) is 4. The van der Waals surface area contributed by atoms with E-state index in [-0.39, 0.29) is 18.8 Å². The van der Waals surface area contributed by atoms with E-state index in [1.54, 1.807) is 6.92 Å². The maximum absolute atomic E-state index is 10.8. The van der Waals surface area contributed by atoms with Gasteiger partial charge in [-0.3, -0.25) is 4.79 Å². The van der Waals surface area contributed by atoms with E-state index in [0.29, 0.717) is 6.61 Å². The predicted molar refractivity (Wildman–Crippen MR) is 43.6 cm³/mol. The fourth-order valence-corrected chi connectivity index (χ4v) is 0.740. The van der Waals surface area contributed by atoms with Crippen molar-refractivity contribution in [2.45, 2.75) is 38.9 Å². The van der Waals surface area contributed by atoms with Crippen molar-refractivity contribution in [1.82, 2.24) is 0 Å². The Kier molecular flexibility index (Phi) is 5.66. The number of carbonyl (C=O) groups is 1. The first-order valence-electron chi connectivity index (χ1n) is 4.09. The molecule has 0 saturated heterocycles. The summed E-state index contributed by atoms with van der Waals surface area (Å²) in [4.78, 5) is 10.8. The van der Waals surface area contributed by atoms with Gasteiger partial charge in [-0.05, 0) is 20.3 Å². The van der Waals surface area contributed by atoms with Gasteiger partial charge >= 0.3 is 5.97 Å². The van der Waals surface area contributed by atoms with Crippen molar-refractivity contribution < 1.29 is 19.7 Å². The molecule has 4 heteroatoms. The molecule has 0 saturated carbocycles. The van der Waals surface area contributed by atoms with Crippen molar-refractivity contribution in [1.29, 1.82) is 0 Å². The Morgan fingerprint density at radius 3 is 2.50 bits per heavy atom. The molecule has 0 spiro atoms. The summed E-state index contributed by atoms with van der Waals surface area (Å²) >= 11 is 0. The monoisotopic (exact) mass is 176 g/mol. The molecule has 0 aliphatic rings. The number of ether oxygens (including phenoxy) is 1. The lowest BCUT2D eigenvalue weighted by Gasteiger charge is -2.12. The van der Waals surface area contributed by atoms with E-state index in [4.69, 9.17) is 10.2 Å². The lowest BCUT2D eigenvalue weighted by Crippen LogP contribution is -2.23. The SMILES string of the molecule is CCOC(=O)CCC(O)C(C)O. The van der Waals surface area contributed by atoms with Crippen LogP contribution >= 0.6 is 0 Å². The molecule has 12 heavy (non-hydrogen) atoms. The zero-order valence-electron chi connectivity index (χ0n) is 7.49. The Hall–Kier alpha value is -0.610. The molecule has 0 aromatic carbocycles. The van der Waals surface area contributed by atoms with Crippen LogP contribution in [0, 0.1) is 0 Å². The summed E-state index contributed by atoms with van der Waals surface area (Å²) in [6.45, 7) is 3.56. The van der Waals surface area contributed by atoms with Crippen molar-refractivity contribution in [3.63, 3.8) is 0 Å². The van der Waals surface area contributed by atoms with Crippen molar-refractivity contribution in [3.05, 3.63) is 0 Å². The van der Waals surface area contributed by atoms with Crippen LogP contribution in [0.1, 0.15) is 26.7 Å². The third-order valence-electron chi connectivity index (χ3n) is 1.51. The second-order valence-corrected chi connectivity index (χ2v) is 2.65. The molecule has 0 rings (SSSR count). The largest absolute Gasteiger partial charge is 0.466 e. The first kappa shape index (κ1) is 11.4. The molecular weight excluding hydrogens is 160 g/mol. The molecule has 2 atom stereocenters. The van der Waals surface area contributed by atoms with E-state index in [1.807, 2.05) is 0 Å². The molecule has 0 bridgehead atoms. The Morgan fingerprint density at radius 1 is 1.50 bits per heavy atom. The minimum atomic E-state index is -0.839. The predicted octanol–water partition coefficient (Wildman–Crippen LogP) is 0.0714. The van der Waals surface area contributed by atoms with Crippen molar-refractivity contribution in [2.75, 3.05) is 6.61 Å². The highest BCUT2D eigenvalue weighted by atomic mass is 16.5. The molecule has 0 aromatic rings. The third-order valence-corrected chi connectivity index (χ3v) is 1.51. The summed E-state index contributed by atoms with van der Waals surface area (Å²) in [5.41, 5.74) is 0. The number of aliphatic hydroxyl groups is 2. The first-order chi connectivity index (χ1) is 5.57. The van der Waals surface area contributed by atoms with Crippen LogP contribution in [0.2, 0.25) is 0 Å². The van der Waals surface area contributed by atoms with Gasteiger partial charge in [-0.25, -0.2) is 0 Å². The highest BCUT2D eigenvalue weighted by Gasteiger charge is 2.12. The number of rotatable bonds is 5. The van der Waals surface area contributed by atoms with Crippen molar-refractivity contribution >= 4 is 5.97 Å². The van der Waals surface area contributed by atoms with Crippen LogP contribution < -0.4 is 0 Å². The van der Waals surface area contributed by atoms with Crippen LogP contribution in [0.4, 0.5) is 0 Å². The van der Waals surface area contributed by atoms with E-state index < -0.39 is 12.2 Å². The molecule has 4 nitrogen and oxygen atoms in total. The van der Waals surface area contributed by atoms with Gasteiger partial charge in [0.1, 0.15) is 0 Å². The maximum Gasteiger partial charge on any atom is 0.305 e. The smallest absolute Gasteiger partial charge is 0.305 e. The van der Waals surface area contributed by atoms with Crippen molar-refractivity contribution in [2.24, 2.45) is 0 Å². The molecule has 0 fully saturated rings. The van der Waals surface area contributed by atoms with Gasteiger partial charge < -0.3 is 14.9 Å². The Balaban J connectivity index is 3.47. The Bertz CT molecular complexity index is 133. The fourth-order valence-electron chi connectivity index (χ4n) is 0.740. The average molecular weight is 176 g/mol. The maximum atomic E-state index is 10.8. The summed E-state index contributed by atoms with van der Waals surface area (Å²) in [5, 5.41) is 17.9. The fraction of sp³-hybridized carbons (Fsp3) is 0.875. The zero-order valence-corrected chi connectivity index (χ0v) is 7.49. The van der Waals surface area contributed by atoms with Crippen LogP contribution in [-0.4, -0.2) is 35.0 Å². The number of carbonyl (C=O) groups excluding carboxylic acids is 1. The van der Waals surface area contributed by atoms with Gasteiger partial charge in [0.15, 0.2) is 0 Å². The highest BCUT2D eigenvalue weighted by molar-refractivity contribution is 5.69. The zero-order chi connectivity index (χ0) is 9.56. The molecule has 0 amide bonds. The van der Waals surface area contributed by atoms with Crippen LogP contribution in [0.25, 0.3) is 0 Å². The van der Waals surface area contributed by atoms with Gasteiger partial charge in [0.25, 0.3) is 0 Å². The third kappa shape index (κ3) is 5.09. The standard InChI is InChI=1S/C8H16O4/c1-3-12-8(11)5-4-7(10)6(2)9/h6-7,9-10H,3-5H2,1-2H3. The number of hydrogen-bond donors (Lipinski definition) is 2. The first-order valence-corrected chi connectivity index (χ1v) is 4.09. The van der Waals surface area contributed by atoms with E-state index >= 15 is 0 Å². The summed E-state index contributed by atoms with van der Waals surface area (Å²) in [7, 11) is 0. The van der Waals surface area contributed by atoms with Gasteiger partial charge in [0.2, 0.25) is 0 Å². The molecule has 2 unspecified atom stereocenters. The normalized spacial score (nSPS) is 15.3. The Labute approximate surface area is 72.2 Å². The van der Waals surface area contributed by atoms with E-state index in [2.05, 4.69) is 4.74 Å². The molecule has 0 aromatic heterocycles. The molecule has 0 aliphatic carbocycles. The molecule has 2 N–H and O–H groups in total. The number of aliphatic hydroxyl groups excluding tert-OH is 2. The van der Waals surface area contributed by atoms with E-state index in [0.717, 1.165) is 0 Å². The van der Waals surface area contributed by atoms with Gasteiger partial charge in [-0.15, -0.1) is 0 Å². The van der Waals surface area contributed by atoms with Crippen LogP contribution in [-0.2, 0) is 9.53 Å². The topological polar surface area (TPSA) is 66.8 Å². The summed E-state index contributed by atoms with van der Waals surface area (Å²) in [6, 6.07) is 0. The molecule has 0 aliphatic heterocycles. The quantitative estimate of drug-likeness (QED) is 0.582. The summed E-state index contributed by atoms with van der Waals surface area (Å²) in [6.07, 6.45) is -1.23. The molecule has 72 valence electrons. The Morgan fingerprint density at radius 2 is 2.08 bits per heavy atom. The van der Waals surface area contributed by atoms with Gasteiger partial charge in [-0.1, -0.05) is 0 Å². The minimum Gasteiger partial charge on any atom is -0.466 e. The molecule has 0 heterocycles. The minimum absolute atomic E-state index is 0.153. The highest BCUT2D eigenvalue weighted by Crippen LogP contribution is 2.02. The lowest BCUT2D eigenvalue weighted by atomic mass is 10.1. The van der Waals surface area contributed by atoms with E-state index in [9.17, 15) is 4.79 Å². The van der Waals surface area contributed by atoms with Crippen molar-refractivity contribution in [3.8, 4) is 0 Å². The van der Waals surface area contributed by atoms with Crippen LogP contribution in [0.5, 0.6) is 0 Å². The number of esters is 1. The van der Waals surface area contributed by atoms with Crippen LogP contribution in [0.15, 0.2) is 0 Å². The van der Waals surface area contributed by atoms with Gasteiger partial charge in [0, 0.05) is 6.42 Å². The summed E-state index contributed by atoms with van der Waals surface area (Å²) in [5.74, 6) is -0.336.